The SMILES string of the molecule is CC12C(=O)OC(=O)C1(C)C1OC=CC12. The van der Waals surface area contributed by atoms with Crippen LogP contribution in [0, 0.1) is 16.7 Å². The number of cyclic esters (lactones) is 2. The van der Waals surface area contributed by atoms with E-state index >= 15 is 0 Å². The second-order valence-corrected chi connectivity index (χ2v) is 4.49. The summed E-state index contributed by atoms with van der Waals surface area (Å²) in [6, 6.07) is 0. The number of hydrogen-bond donors (Lipinski definition) is 0. The molecule has 1 saturated heterocycles. The molecule has 4 unspecified atom stereocenters. The maximum absolute atomic E-state index is 11.6. The van der Waals surface area contributed by atoms with Gasteiger partial charge in [0.1, 0.15) is 11.5 Å². The van der Waals surface area contributed by atoms with Crippen LogP contribution in [0.15, 0.2) is 12.3 Å². The van der Waals surface area contributed by atoms with Gasteiger partial charge < -0.3 is 9.47 Å². The van der Waals surface area contributed by atoms with Crippen LogP contribution in [0.4, 0.5) is 0 Å². The first-order valence-corrected chi connectivity index (χ1v) is 4.62. The molecule has 1 saturated carbocycles. The molecular weight excluding hydrogens is 184 g/mol. The molecule has 2 aliphatic heterocycles. The van der Waals surface area contributed by atoms with Crippen molar-refractivity contribution in [3.8, 4) is 0 Å². The Hall–Kier alpha value is -1.32. The van der Waals surface area contributed by atoms with Gasteiger partial charge in [-0.25, -0.2) is 0 Å². The summed E-state index contributed by atoms with van der Waals surface area (Å²) in [5, 5.41) is 0. The molecule has 2 heterocycles. The number of carbonyl (C=O) groups excluding carboxylic acids is 2. The Labute approximate surface area is 80.9 Å². The van der Waals surface area contributed by atoms with Gasteiger partial charge in [-0.3, -0.25) is 9.59 Å². The molecule has 14 heavy (non-hydrogen) atoms. The van der Waals surface area contributed by atoms with Crippen LogP contribution in [0.5, 0.6) is 0 Å². The first-order valence-electron chi connectivity index (χ1n) is 4.62. The van der Waals surface area contributed by atoms with E-state index in [9.17, 15) is 9.59 Å². The van der Waals surface area contributed by atoms with Gasteiger partial charge in [0.15, 0.2) is 0 Å². The van der Waals surface area contributed by atoms with Crippen LogP contribution in [-0.2, 0) is 19.1 Å². The minimum absolute atomic E-state index is 0.00792. The third-order valence-electron chi connectivity index (χ3n) is 4.19. The van der Waals surface area contributed by atoms with Crippen LogP contribution in [-0.4, -0.2) is 18.0 Å². The summed E-state index contributed by atoms with van der Waals surface area (Å²) in [4.78, 5) is 23.1. The Balaban J connectivity index is 2.16. The van der Waals surface area contributed by atoms with E-state index in [-0.39, 0.29) is 12.0 Å². The Morgan fingerprint density at radius 2 is 1.86 bits per heavy atom. The van der Waals surface area contributed by atoms with Crippen LogP contribution in [0.2, 0.25) is 0 Å². The predicted octanol–water partition coefficient (Wildman–Crippen LogP) is 0.625. The smallest absolute Gasteiger partial charge is 0.324 e. The van der Waals surface area contributed by atoms with Gasteiger partial charge >= 0.3 is 11.9 Å². The summed E-state index contributed by atoms with van der Waals surface area (Å²) in [5.74, 6) is -0.872. The van der Waals surface area contributed by atoms with E-state index in [1.807, 2.05) is 6.08 Å². The van der Waals surface area contributed by atoms with Gasteiger partial charge in [-0.1, -0.05) is 0 Å². The van der Waals surface area contributed by atoms with E-state index < -0.39 is 22.8 Å². The van der Waals surface area contributed by atoms with Crippen molar-refractivity contribution in [1.82, 2.24) is 0 Å². The van der Waals surface area contributed by atoms with E-state index in [1.54, 1.807) is 20.1 Å². The highest BCUT2D eigenvalue weighted by atomic mass is 16.6. The molecule has 0 aromatic carbocycles. The molecule has 0 radical (unpaired) electrons. The van der Waals surface area contributed by atoms with Crippen molar-refractivity contribution in [2.24, 2.45) is 16.7 Å². The zero-order valence-corrected chi connectivity index (χ0v) is 7.94. The van der Waals surface area contributed by atoms with Crippen molar-refractivity contribution in [2.45, 2.75) is 20.0 Å². The van der Waals surface area contributed by atoms with Gasteiger partial charge in [0.2, 0.25) is 0 Å². The van der Waals surface area contributed by atoms with Crippen molar-refractivity contribution < 1.29 is 19.1 Å². The fourth-order valence-electron chi connectivity index (χ4n) is 2.91. The van der Waals surface area contributed by atoms with Crippen molar-refractivity contribution >= 4 is 11.9 Å². The summed E-state index contributed by atoms with van der Waals surface area (Å²) in [7, 11) is 0. The number of carbonyl (C=O) groups is 2. The van der Waals surface area contributed by atoms with Crippen molar-refractivity contribution in [3.63, 3.8) is 0 Å². The first kappa shape index (κ1) is 8.03. The maximum Gasteiger partial charge on any atom is 0.324 e. The third kappa shape index (κ3) is 0.480. The van der Waals surface area contributed by atoms with E-state index in [2.05, 4.69) is 0 Å². The van der Waals surface area contributed by atoms with Crippen LogP contribution >= 0.6 is 0 Å². The molecule has 0 N–H and O–H groups in total. The molecule has 0 amide bonds. The molecule has 4 atom stereocenters. The highest BCUT2D eigenvalue weighted by Crippen LogP contribution is 2.68. The van der Waals surface area contributed by atoms with Gasteiger partial charge in [0.05, 0.1) is 11.7 Å². The first-order chi connectivity index (χ1) is 6.53. The van der Waals surface area contributed by atoms with Gasteiger partial charge in [0, 0.05) is 5.92 Å². The van der Waals surface area contributed by atoms with Gasteiger partial charge in [-0.2, -0.15) is 0 Å². The van der Waals surface area contributed by atoms with Gasteiger partial charge in [-0.15, -0.1) is 0 Å². The lowest BCUT2D eigenvalue weighted by Gasteiger charge is -2.53. The quantitative estimate of drug-likeness (QED) is 0.419. The molecule has 0 bridgehead atoms. The lowest BCUT2D eigenvalue weighted by atomic mass is 9.44. The summed E-state index contributed by atoms with van der Waals surface area (Å²) < 4.78 is 10.0. The second-order valence-electron chi connectivity index (χ2n) is 4.49. The highest BCUT2D eigenvalue weighted by Gasteiger charge is 2.81. The van der Waals surface area contributed by atoms with Crippen molar-refractivity contribution in [2.75, 3.05) is 0 Å². The van der Waals surface area contributed by atoms with Crippen molar-refractivity contribution in [1.29, 1.82) is 0 Å². The van der Waals surface area contributed by atoms with Crippen LogP contribution in [0.25, 0.3) is 0 Å². The molecule has 0 aromatic rings. The number of ether oxygens (including phenoxy) is 2. The van der Waals surface area contributed by atoms with Crippen LogP contribution in [0.3, 0.4) is 0 Å². The normalized spacial score (nSPS) is 53.3. The number of fused-ring (bicyclic) bond motifs is 4. The summed E-state index contributed by atoms with van der Waals surface area (Å²) in [6.45, 7) is 3.52. The number of esters is 2. The van der Waals surface area contributed by atoms with Crippen LogP contribution < -0.4 is 0 Å². The summed E-state index contributed by atoms with van der Waals surface area (Å²) >= 11 is 0. The Bertz CT molecular complexity index is 386. The Morgan fingerprint density at radius 3 is 2.57 bits per heavy atom. The molecule has 0 aromatic heterocycles. The second kappa shape index (κ2) is 1.87. The minimum atomic E-state index is -0.793. The van der Waals surface area contributed by atoms with E-state index in [4.69, 9.17) is 9.47 Å². The standard InChI is InChI=1S/C10H10O4/c1-9-5-3-4-13-6(5)10(9,2)8(12)14-7(9)11/h3-6H,1-2H3. The summed E-state index contributed by atoms with van der Waals surface area (Å²) in [5.41, 5.74) is -1.51. The lowest BCUT2D eigenvalue weighted by molar-refractivity contribution is -0.189. The summed E-state index contributed by atoms with van der Waals surface area (Å²) in [6.07, 6.45) is 3.20. The predicted molar refractivity (Wildman–Crippen MR) is 44.8 cm³/mol. The third-order valence-corrected chi connectivity index (χ3v) is 4.19. The van der Waals surface area contributed by atoms with E-state index in [1.165, 1.54) is 0 Å². The average molecular weight is 194 g/mol. The number of rotatable bonds is 0. The molecule has 3 aliphatic rings. The van der Waals surface area contributed by atoms with Gasteiger partial charge in [-0.05, 0) is 19.9 Å². The molecule has 74 valence electrons. The largest absolute Gasteiger partial charge is 0.496 e. The van der Waals surface area contributed by atoms with E-state index in [0.29, 0.717) is 0 Å². The Kier molecular flexibility index (Phi) is 1.07. The molecule has 0 spiro atoms. The molecule has 1 aliphatic carbocycles. The Morgan fingerprint density at radius 1 is 1.21 bits per heavy atom. The van der Waals surface area contributed by atoms with Crippen molar-refractivity contribution in [3.05, 3.63) is 12.3 Å². The van der Waals surface area contributed by atoms with E-state index in [0.717, 1.165) is 0 Å². The molecule has 4 heteroatoms. The highest BCUT2D eigenvalue weighted by molar-refractivity contribution is 6.04. The fourth-order valence-corrected chi connectivity index (χ4v) is 2.91. The molecule has 4 nitrogen and oxygen atoms in total. The fraction of sp³-hybridized carbons (Fsp3) is 0.600. The van der Waals surface area contributed by atoms with Crippen LogP contribution in [0.1, 0.15) is 13.8 Å². The topological polar surface area (TPSA) is 52.6 Å². The zero-order valence-electron chi connectivity index (χ0n) is 7.94. The molecule has 2 fully saturated rings. The average Bonchev–Trinajstić information content (AvgIpc) is 2.65. The lowest BCUT2D eigenvalue weighted by Crippen LogP contribution is -2.66. The molecular formula is C10H10O4. The monoisotopic (exact) mass is 194 g/mol. The number of hydrogen-bond acceptors (Lipinski definition) is 4. The van der Waals surface area contributed by atoms with Gasteiger partial charge in [0.25, 0.3) is 0 Å². The molecule has 3 rings (SSSR count). The maximum atomic E-state index is 11.6. The minimum Gasteiger partial charge on any atom is -0.496 e. The zero-order chi connectivity index (χ0) is 10.1.